The maximum atomic E-state index is 14.9. The highest BCUT2D eigenvalue weighted by Crippen LogP contribution is 2.21. The minimum absolute atomic E-state index is 0.00376. The first-order valence-electron chi connectivity index (χ1n) is 36.6. The number of carbonyl (C=O) groups excluding carboxylic acids is 11. The Bertz CT molecular complexity index is 3220. The number of benzene rings is 2. The minimum atomic E-state index is -1.75. The molecule has 0 bridgehead atoms. The van der Waals surface area contributed by atoms with E-state index in [0.717, 1.165) is 17.3 Å². The van der Waals surface area contributed by atoms with E-state index in [0.29, 0.717) is 75.6 Å². The van der Waals surface area contributed by atoms with Gasteiger partial charge in [0.05, 0.1) is 12.1 Å². The summed E-state index contributed by atoms with van der Waals surface area (Å²) in [6.45, 7) is 16.6. The summed E-state index contributed by atoms with van der Waals surface area (Å²) < 4.78 is 0. The minimum Gasteiger partial charge on any atom is -0.480 e. The number of para-hydroxylation sites is 1. The third-order valence-electron chi connectivity index (χ3n) is 18.1. The number of rotatable bonds is 48. The Morgan fingerprint density at radius 2 is 0.883 bits per heavy atom. The highest BCUT2D eigenvalue weighted by molar-refractivity contribution is 6.00. The zero-order chi connectivity index (χ0) is 76.3. The largest absolute Gasteiger partial charge is 0.480 e. The van der Waals surface area contributed by atoms with Crippen LogP contribution in [0.15, 0.2) is 60.8 Å². The summed E-state index contributed by atoms with van der Waals surface area (Å²) in [5.74, 6) is -10.5. The van der Waals surface area contributed by atoms with Crippen molar-refractivity contribution in [3.05, 3.63) is 71.9 Å². The number of aromatic nitrogens is 1. The van der Waals surface area contributed by atoms with Crippen molar-refractivity contribution < 1.29 is 67.7 Å². The fourth-order valence-corrected chi connectivity index (χ4v) is 12.1. The van der Waals surface area contributed by atoms with Gasteiger partial charge in [0.15, 0.2) is 0 Å². The van der Waals surface area contributed by atoms with Crippen LogP contribution in [0.25, 0.3) is 10.9 Å². The van der Waals surface area contributed by atoms with Gasteiger partial charge in [-0.05, 0) is 164 Å². The summed E-state index contributed by atoms with van der Waals surface area (Å²) in [4.78, 5) is 172. The number of hydrogen-bond donors (Lipinski definition) is 18. The molecule has 0 saturated carbocycles. The van der Waals surface area contributed by atoms with Crippen LogP contribution in [0.2, 0.25) is 0 Å². The highest BCUT2D eigenvalue weighted by Gasteiger charge is 2.39. The highest BCUT2D eigenvalue weighted by atomic mass is 16.4. The van der Waals surface area contributed by atoms with Crippen LogP contribution in [0.4, 0.5) is 0 Å². The number of unbranched alkanes of at least 4 members (excludes halogenated alkanes) is 3. The number of aliphatic carboxylic acids is 1. The number of aromatic amines is 1. The van der Waals surface area contributed by atoms with Gasteiger partial charge < -0.3 is 96.2 Å². The summed E-state index contributed by atoms with van der Waals surface area (Å²) in [5, 5.41) is 54.5. The molecule has 0 spiro atoms. The van der Waals surface area contributed by atoms with Crippen LogP contribution in [0, 0.1) is 23.7 Å². The van der Waals surface area contributed by atoms with Gasteiger partial charge in [0.25, 0.3) is 0 Å². The van der Waals surface area contributed by atoms with Gasteiger partial charge in [-0.2, -0.15) is 0 Å². The topological polar surface area (TPSA) is 484 Å². The lowest BCUT2D eigenvalue weighted by molar-refractivity contribution is -0.139. The van der Waals surface area contributed by atoms with Gasteiger partial charge in [0.1, 0.15) is 67.0 Å². The summed E-state index contributed by atoms with van der Waals surface area (Å²) in [6.07, 6.45) is 4.85. The van der Waals surface area contributed by atoms with Crippen molar-refractivity contribution in [3.63, 3.8) is 0 Å². The van der Waals surface area contributed by atoms with Crippen LogP contribution in [-0.4, -0.2) is 191 Å². The molecule has 0 radical (unpaired) electrons. The average molecular weight is 1440 g/mol. The van der Waals surface area contributed by atoms with E-state index in [-0.39, 0.29) is 88.1 Å². The Balaban J connectivity index is 1.62. The van der Waals surface area contributed by atoms with Gasteiger partial charge in [-0.1, -0.05) is 110 Å². The van der Waals surface area contributed by atoms with Crippen LogP contribution >= 0.6 is 0 Å². The molecule has 0 unspecified atom stereocenters. The average Bonchev–Trinajstić information content (AvgIpc) is 1.75. The summed E-state index contributed by atoms with van der Waals surface area (Å²) >= 11 is 0. The van der Waals surface area contributed by atoms with E-state index in [2.05, 4.69) is 68.8 Å². The number of aliphatic hydroxyl groups excluding tert-OH is 1. The zero-order valence-corrected chi connectivity index (χ0v) is 61.6. The number of amides is 11. The Morgan fingerprint density at radius 3 is 1.34 bits per heavy atom. The second-order valence-corrected chi connectivity index (χ2v) is 28.3. The van der Waals surface area contributed by atoms with Gasteiger partial charge in [-0.25, -0.2) is 0 Å². The fraction of sp³-hybridized carbons (Fsp3) is 0.644. The van der Waals surface area contributed by atoms with Crippen LogP contribution in [0.3, 0.4) is 0 Å². The van der Waals surface area contributed by atoms with Crippen molar-refractivity contribution in [1.29, 1.82) is 0 Å². The van der Waals surface area contributed by atoms with Crippen LogP contribution in [0.5, 0.6) is 0 Å². The van der Waals surface area contributed by atoms with Crippen molar-refractivity contribution in [2.45, 2.75) is 244 Å². The first kappa shape index (κ1) is 86.8. The summed E-state index contributed by atoms with van der Waals surface area (Å²) in [6, 6.07) is 2.21. The lowest BCUT2D eigenvalue weighted by atomic mass is 9.96. The number of carboxylic acids is 1. The molecule has 1 saturated heterocycles. The predicted molar refractivity (Wildman–Crippen MR) is 391 cm³/mol. The Kier molecular flexibility index (Phi) is 38.4. The van der Waals surface area contributed by atoms with Gasteiger partial charge in [-0.3, -0.25) is 57.5 Å². The molecule has 21 N–H and O–H groups in total. The summed E-state index contributed by atoms with van der Waals surface area (Å²) in [5.41, 5.74) is 19.5. The van der Waals surface area contributed by atoms with E-state index < -0.39 is 150 Å². The van der Waals surface area contributed by atoms with Crippen molar-refractivity contribution in [3.8, 4) is 0 Å². The third kappa shape index (κ3) is 30.3. The normalized spacial score (nSPS) is 16.4. The second-order valence-electron chi connectivity index (χ2n) is 28.3. The lowest BCUT2D eigenvalue weighted by Crippen LogP contribution is -2.62. The maximum absolute atomic E-state index is 14.9. The Labute approximate surface area is 605 Å². The number of carbonyl (C=O) groups is 12. The first-order chi connectivity index (χ1) is 49.0. The van der Waals surface area contributed by atoms with Crippen molar-refractivity contribution in [2.75, 3.05) is 32.7 Å². The number of aliphatic hydroxyl groups is 1. The predicted octanol–water partition coefficient (Wildman–Crippen LogP) is 0.706. The van der Waals surface area contributed by atoms with Crippen LogP contribution < -0.4 is 81.0 Å². The van der Waals surface area contributed by atoms with E-state index in [4.69, 9.17) is 17.2 Å². The van der Waals surface area contributed by atoms with Crippen molar-refractivity contribution >= 4 is 81.9 Å². The molecule has 1 aromatic heterocycles. The van der Waals surface area contributed by atoms with E-state index in [1.165, 1.54) is 6.92 Å². The molecule has 0 aliphatic carbocycles. The second kappa shape index (κ2) is 45.5. The standard InChI is InChI=1S/C73H118N16O14/c1-10-45(8)61(72(102)79-41-60(91)92)88-71(101)59(39-48-40-78-50-26-15-14-25-49(48)50)86-65(95)53(28-17-20-32-75)81-67(97)56(36-43(4)5)85-70(100)58(38-47-23-12-11-13-24-47)87-73(103)62(46(9)90)89-66(96)54(29-18-21-33-76)82-68(98)55(35-42(2)3)84-69(99)57(37-44(6)7)83-64(94)52(27-16-19-31-74)80-63(93)51-30-22-34-77-51/h11-15,23-26,40,42-46,51-59,61-62,77-78,90H,10,16-22,27-39,41,74-76H2,1-9H3,(H,79,102)(H,80,93)(H,81,97)(H,82,98)(H,83,94)(H,84,99)(H,85,100)(H,86,95)(H,87,103)(H,88,101)(H,89,96)(H,91,92)/t45-,46+,51-,52-,53-,54-,55-,56-,57-,58-,59-,61+,62-/m0/s1. The molecule has 2 aromatic carbocycles. The molecule has 2 heterocycles. The first-order valence-corrected chi connectivity index (χ1v) is 36.6. The molecular formula is C73H118N16O14. The maximum Gasteiger partial charge on any atom is 0.322 e. The smallest absolute Gasteiger partial charge is 0.322 e. The zero-order valence-electron chi connectivity index (χ0n) is 61.6. The molecule has 30 heteroatoms. The van der Waals surface area contributed by atoms with Crippen LogP contribution in [0.1, 0.15) is 170 Å². The van der Waals surface area contributed by atoms with Gasteiger partial charge in [-0.15, -0.1) is 0 Å². The summed E-state index contributed by atoms with van der Waals surface area (Å²) in [7, 11) is 0. The molecule has 13 atom stereocenters. The number of fused-ring (bicyclic) bond motifs is 1. The fourth-order valence-electron chi connectivity index (χ4n) is 12.1. The molecule has 4 rings (SSSR count). The number of nitrogens with one attached hydrogen (secondary N) is 13. The van der Waals surface area contributed by atoms with E-state index in [1.807, 2.05) is 45.9 Å². The molecule has 1 aliphatic rings. The molecule has 11 amide bonds. The van der Waals surface area contributed by atoms with Crippen molar-refractivity contribution in [1.82, 2.24) is 68.8 Å². The number of hydrogen-bond acceptors (Lipinski definition) is 17. The van der Waals surface area contributed by atoms with E-state index in [1.54, 1.807) is 70.3 Å². The molecule has 30 nitrogen and oxygen atoms in total. The SMILES string of the molecule is CC[C@H](C)[C@@H](NC(=O)[C@H](Cc1c[nH]c2ccccc12)NC(=O)[C@H](CCCCN)NC(=O)[C@H](CC(C)C)NC(=O)[C@H](Cc1ccccc1)NC(=O)[C@@H](NC(=O)[C@H](CCCCN)NC(=O)[C@H](CC(C)C)NC(=O)[C@H](CC(C)C)NC(=O)[C@H](CCCCN)NC(=O)[C@@H]1CCCN1)[C@@H](C)O)C(=O)NCC(=O)O. The number of carboxylic acid groups (broad SMARTS) is 1. The number of nitrogens with two attached hydrogens (primary N) is 3. The van der Waals surface area contributed by atoms with Crippen LogP contribution in [-0.2, 0) is 70.4 Å². The molecule has 103 heavy (non-hydrogen) atoms. The molecule has 1 aliphatic heterocycles. The molecule has 3 aromatic rings. The van der Waals surface area contributed by atoms with Gasteiger partial charge in [0, 0.05) is 29.9 Å². The van der Waals surface area contributed by atoms with Gasteiger partial charge in [0.2, 0.25) is 65.0 Å². The quantitative estimate of drug-likeness (QED) is 0.0346. The van der Waals surface area contributed by atoms with E-state index in [9.17, 15) is 67.7 Å². The molecule has 574 valence electrons. The Morgan fingerprint density at radius 1 is 0.476 bits per heavy atom. The van der Waals surface area contributed by atoms with E-state index >= 15 is 0 Å². The molecule has 1 fully saturated rings. The number of H-pyrrole nitrogens is 1. The molecular weight excluding hydrogens is 1320 g/mol. The monoisotopic (exact) mass is 1440 g/mol. The van der Waals surface area contributed by atoms with Crippen molar-refractivity contribution in [2.24, 2.45) is 40.9 Å². The third-order valence-corrected chi connectivity index (χ3v) is 18.1. The lowest BCUT2D eigenvalue weighted by Gasteiger charge is -2.30. The Hall–Kier alpha value is -8.58. The van der Waals surface area contributed by atoms with Gasteiger partial charge >= 0.3 is 5.97 Å².